The maximum atomic E-state index is 13.1. The lowest BCUT2D eigenvalue weighted by Crippen LogP contribution is -2.25. The van der Waals surface area contributed by atoms with E-state index in [4.69, 9.17) is 4.42 Å². The highest BCUT2D eigenvalue weighted by atomic mass is 32.2. The predicted molar refractivity (Wildman–Crippen MR) is 97.4 cm³/mol. The summed E-state index contributed by atoms with van der Waals surface area (Å²) in [6.45, 7) is 0. The van der Waals surface area contributed by atoms with E-state index in [1.165, 1.54) is 24.3 Å². The number of oxazole rings is 1. The van der Waals surface area contributed by atoms with Gasteiger partial charge in [0.05, 0.1) is 16.8 Å². The number of aromatic nitrogens is 1. The summed E-state index contributed by atoms with van der Waals surface area (Å²) >= 11 is 0. The van der Waals surface area contributed by atoms with Crippen LogP contribution in [0.2, 0.25) is 0 Å². The minimum absolute atomic E-state index is 0.00572. The Kier molecular flexibility index (Phi) is 3.82. The summed E-state index contributed by atoms with van der Waals surface area (Å²) in [5, 5.41) is 0. The van der Waals surface area contributed by atoms with Crippen LogP contribution in [0, 0.1) is 0 Å². The standard InChI is InChI=1S/C19H14F2N2O5S/c20-19(21)27-15-8-5-13(9-16(15)28-19)23-29(24,25)14-6-3-11(4-7-14)17-10-22-18(26-17)12-1-2-12/h3-10,12,23H,1-2H2. The molecule has 2 aliphatic rings. The Morgan fingerprint density at radius 3 is 2.48 bits per heavy atom. The highest BCUT2D eigenvalue weighted by Crippen LogP contribution is 2.43. The minimum Gasteiger partial charge on any atom is -0.440 e. The van der Waals surface area contributed by atoms with Gasteiger partial charge in [-0.2, -0.15) is 0 Å². The lowest BCUT2D eigenvalue weighted by Gasteiger charge is -2.09. The first-order valence-corrected chi connectivity index (χ1v) is 10.3. The molecule has 1 fully saturated rings. The number of anilines is 1. The van der Waals surface area contributed by atoms with Crippen molar-refractivity contribution in [1.82, 2.24) is 4.98 Å². The second kappa shape index (κ2) is 6.18. The number of nitrogens with one attached hydrogen (secondary N) is 1. The second-order valence-corrected chi connectivity index (χ2v) is 8.48. The van der Waals surface area contributed by atoms with E-state index in [2.05, 4.69) is 19.2 Å². The number of sulfonamides is 1. The molecule has 1 saturated carbocycles. The molecule has 0 amide bonds. The number of ether oxygens (including phenoxy) is 2. The number of nitrogens with zero attached hydrogens (tertiary/aromatic N) is 1. The van der Waals surface area contributed by atoms with Crippen molar-refractivity contribution < 1.29 is 31.1 Å². The van der Waals surface area contributed by atoms with E-state index < -0.39 is 16.3 Å². The highest BCUT2D eigenvalue weighted by Gasteiger charge is 2.43. The van der Waals surface area contributed by atoms with E-state index in [9.17, 15) is 17.2 Å². The molecule has 1 N–H and O–H groups in total. The Labute approximate surface area is 164 Å². The van der Waals surface area contributed by atoms with Gasteiger partial charge in [0.2, 0.25) is 0 Å². The number of alkyl halides is 2. The summed E-state index contributed by atoms with van der Waals surface area (Å²) < 4.78 is 68.1. The lowest BCUT2D eigenvalue weighted by atomic mass is 10.2. The molecule has 0 unspecified atom stereocenters. The van der Waals surface area contributed by atoms with Crippen LogP contribution in [0.3, 0.4) is 0 Å². The fraction of sp³-hybridized carbons (Fsp3) is 0.211. The van der Waals surface area contributed by atoms with E-state index in [1.807, 2.05) is 0 Å². The summed E-state index contributed by atoms with van der Waals surface area (Å²) in [4.78, 5) is 4.25. The van der Waals surface area contributed by atoms with Crippen molar-refractivity contribution in [3.8, 4) is 22.8 Å². The molecular formula is C19H14F2N2O5S. The van der Waals surface area contributed by atoms with Crippen LogP contribution in [-0.2, 0) is 10.0 Å². The Balaban J connectivity index is 1.35. The number of benzene rings is 2. The third-order valence-corrected chi connectivity index (χ3v) is 5.95. The smallest absolute Gasteiger partial charge is 0.440 e. The largest absolute Gasteiger partial charge is 0.586 e. The molecule has 10 heteroatoms. The molecule has 29 heavy (non-hydrogen) atoms. The molecule has 5 rings (SSSR count). The van der Waals surface area contributed by atoms with Crippen LogP contribution in [-0.4, -0.2) is 19.7 Å². The van der Waals surface area contributed by atoms with E-state index in [0.717, 1.165) is 18.9 Å². The average molecular weight is 420 g/mol. The van der Waals surface area contributed by atoms with Crippen LogP contribution in [0.15, 0.2) is 58.0 Å². The topological polar surface area (TPSA) is 90.7 Å². The molecule has 0 spiro atoms. The average Bonchev–Trinajstić information content (AvgIpc) is 3.31. The summed E-state index contributed by atoms with van der Waals surface area (Å²) in [5.41, 5.74) is 0.770. The monoisotopic (exact) mass is 420 g/mol. The third-order valence-electron chi connectivity index (χ3n) is 4.55. The van der Waals surface area contributed by atoms with Gasteiger partial charge in [-0.25, -0.2) is 13.4 Å². The Morgan fingerprint density at radius 1 is 1.03 bits per heavy atom. The van der Waals surface area contributed by atoms with Crippen LogP contribution in [0.1, 0.15) is 24.7 Å². The molecule has 0 atom stereocenters. The lowest BCUT2D eigenvalue weighted by molar-refractivity contribution is -0.286. The van der Waals surface area contributed by atoms with Crippen LogP contribution >= 0.6 is 0 Å². The summed E-state index contributed by atoms with van der Waals surface area (Å²) in [5.74, 6) is 1.24. The van der Waals surface area contributed by atoms with Crippen molar-refractivity contribution in [3.05, 3.63) is 54.6 Å². The molecule has 2 aromatic carbocycles. The molecule has 0 saturated heterocycles. The molecule has 7 nitrogen and oxygen atoms in total. The van der Waals surface area contributed by atoms with E-state index in [-0.39, 0.29) is 22.1 Å². The molecule has 3 aromatic rings. The first kappa shape index (κ1) is 17.9. The van der Waals surface area contributed by atoms with Gasteiger partial charge in [-0.15, -0.1) is 8.78 Å². The quantitative estimate of drug-likeness (QED) is 0.660. The molecule has 2 heterocycles. The van der Waals surface area contributed by atoms with E-state index in [1.54, 1.807) is 18.3 Å². The van der Waals surface area contributed by atoms with Gasteiger partial charge in [0.15, 0.2) is 23.1 Å². The molecule has 1 aliphatic carbocycles. The molecule has 1 aromatic heterocycles. The van der Waals surface area contributed by atoms with Crippen LogP contribution in [0.5, 0.6) is 11.5 Å². The van der Waals surface area contributed by atoms with Crippen molar-refractivity contribution in [2.24, 2.45) is 0 Å². The van der Waals surface area contributed by atoms with Crippen LogP contribution in [0.25, 0.3) is 11.3 Å². The first-order chi connectivity index (χ1) is 13.8. The predicted octanol–water partition coefficient (Wildman–Crippen LogP) is 4.34. The van der Waals surface area contributed by atoms with Gasteiger partial charge in [-0.3, -0.25) is 4.72 Å². The molecule has 150 valence electrons. The first-order valence-electron chi connectivity index (χ1n) is 8.78. The highest BCUT2D eigenvalue weighted by molar-refractivity contribution is 7.92. The van der Waals surface area contributed by atoms with Gasteiger partial charge in [0, 0.05) is 17.5 Å². The van der Waals surface area contributed by atoms with Crippen molar-refractivity contribution >= 4 is 15.7 Å². The van der Waals surface area contributed by atoms with E-state index >= 15 is 0 Å². The normalized spacial score (nSPS) is 17.3. The van der Waals surface area contributed by atoms with Crippen molar-refractivity contribution in [2.45, 2.75) is 29.9 Å². The number of hydrogen-bond donors (Lipinski definition) is 1. The summed E-state index contributed by atoms with van der Waals surface area (Å²) in [7, 11) is -3.94. The number of rotatable bonds is 5. The number of hydrogen-bond acceptors (Lipinski definition) is 6. The fourth-order valence-corrected chi connectivity index (χ4v) is 4.01. The number of fused-ring (bicyclic) bond motifs is 1. The Hall–Kier alpha value is -3.14. The maximum absolute atomic E-state index is 13.1. The van der Waals surface area contributed by atoms with Gasteiger partial charge < -0.3 is 13.9 Å². The van der Waals surface area contributed by atoms with Gasteiger partial charge in [-0.1, -0.05) is 0 Å². The van der Waals surface area contributed by atoms with Crippen molar-refractivity contribution in [2.75, 3.05) is 4.72 Å². The van der Waals surface area contributed by atoms with E-state index in [0.29, 0.717) is 23.1 Å². The van der Waals surface area contributed by atoms with Gasteiger partial charge in [0.1, 0.15) is 0 Å². The summed E-state index contributed by atoms with van der Waals surface area (Å²) in [6, 6.07) is 9.74. The van der Waals surface area contributed by atoms with Gasteiger partial charge in [-0.05, 0) is 49.2 Å². The summed E-state index contributed by atoms with van der Waals surface area (Å²) in [6.07, 6.45) is -0.00580. The van der Waals surface area contributed by atoms with Crippen LogP contribution in [0.4, 0.5) is 14.5 Å². The van der Waals surface area contributed by atoms with Gasteiger partial charge >= 0.3 is 6.29 Å². The zero-order valence-electron chi connectivity index (χ0n) is 14.8. The van der Waals surface area contributed by atoms with Crippen LogP contribution < -0.4 is 14.2 Å². The minimum atomic E-state index is -3.94. The zero-order chi connectivity index (χ0) is 20.2. The Morgan fingerprint density at radius 2 is 1.76 bits per heavy atom. The SMILES string of the molecule is O=S(=O)(Nc1ccc2c(c1)OC(F)(F)O2)c1ccc(-c2cnc(C3CC3)o2)cc1. The van der Waals surface area contributed by atoms with Crippen molar-refractivity contribution in [1.29, 1.82) is 0 Å². The molecular weight excluding hydrogens is 406 g/mol. The van der Waals surface area contributed by atoms with Gasteiger partial charge in [0.25, 0.3) is 10.0 Å². The zero-order valence-corrected chi connectivity index (χ0v) is 15.6. The maximum Gasteiger partial charge on any atom is 0.586 e. The third kappa shape index (κ3) is 3.51. The van der Waals surface area contributed by atoms with Crippen molar-refractivity contribution in [3.63, 3.8) is 0 Å². The number of halogens is 2. The molecule has 1 aliphatic heterocycles. The fourth-order valence-electron chi connectivity index (χ4n) is 2.97. The Bertz CT molecular complexity index is 1190. The molecule has 0 bridgehead atoms. The molecule has 0 radical (unpaired) electrons. The second-order valence-electron chi connectivity index (χ2n) is 6.80.